The van der Waals surface area contributed by atoms with Gasteiger partial charge in [-0.05, 0) is 32.4 Å². The summed E-state index contributed by atoms with van der Waals surface area (Å²) in [6.45, 7) is 4.35. The number of carbonyl (C=O) groups is 4. The molecule has 0 saturated carbocycles. The van der Waals surface area contributed by atoms with Crippen molar-refractivity contribution in [2.24, 2.45) is 0 Å². The van der Waals surface area contributed by atoms with Crippen LogP contribution in [0.3, 0.4) is 0 Å². The molecule has 1 aromatic carbocycles. The summed E-state index contributed by atoms with van der Waals surface area (Å²) >= 11 is 0. The van der Waals surface area contributed by atoms with Crippen LogP contribution >= 0.6 is 0 Å². The van der Waals surface area contributed by atoms with Gasteiger partial charge in [0.25, 0.3) is 0 Å². The first-order chi connectivity index (χ1) is 15.2. The molecule has 0 amide bonds. The first kappa shape index (κ1) is 26.8. The summed E-state index contributed by atoms with van der Waals surface area (Å²) in [6, 6.07) is 4.91. The second-order valence-electron chi connectivity index (χ2n) is 6.35. The zero-order valence-electron chi connectivity index (χ0n) is 18.5. The third-order valence-corrected chi connectivity index (χ3v) is 4.18. The Morgan fingerprint density at radius 3 is 1.91 bits per heavy atom. The molecule has 0 heterocycles. The number of ether oxygens (including phenoxy) is 4. The fraction of sp³-hybridized carbons (Fsp3) is 0.455. The van der Waals surface area contributed by atoms with Gasteiger partial charge in [-0.2, -0.15) is 0 Å². The molecule has 2 N–H and O–H groups in total. The summed E-state index contributed by atoms with van der Waals surface area (Å²) in [7, 11) is 1.01. The Balaban J connectivity index is 3.48. The predicted octanol–water partition coefficient (Wildman–Crippen LogP) is 0.620. The molecule has 32 heavy (non-hydrogen) atoms. The lowest BCUT2D eigenvalue weighted by Gasteiger charge is -2.32. The van der Waals surface area contributed by atoms with Crippen LogP contribution in [0, 0.1) is 0 Å². The van der Waals surface area contributed by atoms with Crippen molar-refractivity contribution in [3.8, 4) is 0 Å². The molecule has 0 spiro atoms. The Morgan fingerprint density at radius 2 is 1.44 bits per heavy atom. The van der Waals surface area contributed by atoms with E-state index in [1.165, 1.54) is 26.8 Å². The second-order valence-corrected chi connectivity index (χ2v) is 6.35. The molecule has 0 aliphatic rings. The molecule has 1 aromatic rings. The molecule has 10 nitrogen and oxygen atoms in total. The smallest absolute Gasteiger partial charge is 0.344 e. The van der Waals surface area contributed by atoms with Crippen molar-refractivity contribution in [1.29, 1.82) is 0 Å². The third kappa shape index (κ3) is 7.17. The first-order valence-electron chi connectivity index (χ1n) is 10.1. The maximum Gasteiger partial charge on any atom is 0.344 e. The number of esters is 4. The number of rotatable bonds is 12. The zero-order chi connectivity index (χ0) is 24.1. The van der Waals surface area contributed by atoms with Crippen LogP contribution in [0.15, 0.2) is 36.4 Å². The maximum atomic E-state index is 12.7. The van der Waals surface area contributed by atoms with E-state index < -0.39 is 41.6 Å². The van der Waals surface area contributed by atoms with Crippen LogP contribution in [0.1, 0.15) is 26.3 Å². The lowest BCUT2D eigenvalue weighted by molar-refractivity contribution is -0.172. The average molecular weight is 451 g/mol. The van der Waals surface area contributed by atoms with E-state index in [-0.39, 0.29) is 19.8 Å². The minimum atomic E-state index is -2.64. The molecule has 10 heteroatoms. The minimum absolute atomic E-state index is 0.0599. The van der Waals surface area contributed by atoms with Crippen LogP contribution in [0.5, 0.6) is 0 Å². The number of carbonyl (C=O) groups excluding carboxylic acids is 4. The average Bonchev–Trinajstić information content (AvgIpc) is 2.78. The second kappa shape index (κ2) is 13.2. The maximum absolute atomic E-state index is 12.7. The highest BCUT2D eigenvalue weighted by molar-refractivity contribution is 6.01. The minimum Gasteiger partial charge on any atom is -0.467 e. The van der Waals surface area contributed by atoms with E-state index in [9.17, 15) is 24.3 Å². The van der Waals surface area contributed by atoms with E-state index in [1.807, 2.05) is 0 Å². The topological polar surface area (TPSA) is 137 Å². The van der Waals surface area contributed by atoms with E-state index >= 15 is 0 Å². The molecule has 0 aliphatic carbocycles. The van der Waals surface area contributed by atoms with E-state index in [0.29, 0.717) is 5.56 Å². The Kier molecular flexibility index (Phi) is 11.1. The van der Waals surface area contributed by atoms with Crippen molar-refractivity contribution in [3.05, 3.63) is 42.0 Å². The fourth-order valence-corrected chi connectivity index (χ4v) is 2.68. The Bertz CT molecular complexity index is 791. The molecule has 0 aliphatic heterocycles. The van der Waals surface area contributed by atoms with Crippen LogP contribution in [0.25, 0.3) is 6.08 Å². The van der Waals surface area contributed by atoms with Gasteiger partial charge in [0.2, 0.25) is 11.6 Å². The highest BCUT2D eigenvalue weighted by Crippen LogP contribution is 2.20. The van der Waals surface area contributed by atoms with Crippen LogP contribution < -0.4 is 5.32 Å². The van der Waals surface area contributed by atoms with Crippen molar-refractivity contribution in [1.82, 2.24) is 5.32 Å². The van der Waals surface area contributed by atoms with Gasteiger partial charge in [-0.1, -0.05) is 36.4 Å². The van der Waals surface area contributed by atoms with E-state index in [4.69, 9.17) is 18.9 Å². The third-order valence-electron chi connectivity index (χ3n) is 4.18. The lowest BCUT2D eigenvalue weighted by Crippen LogP contribution is -2.64. The van der Waals surface area contributed by atoms with Gasteiger partial charge in [0.05, 0.1) is 26.9 Å². The van der Waals surface area contributed by atoms with Gasteiger partial charge >= 0.3 is 23.9 Å². The molecule has 0 bridgehead atoms. The fourth-order valence-electron chi connectivity index (χ4n) is 2.68. The molecule has 0 aromatic heterocycles. The summed E-state index contributed by atoms with van der Waals surface area (Å²) in [5, 5.41) is 13.6. The Morgan fingerprint density at radius 1 is 0.938 bits per heavy atom. The molecule has 0 radical (unpaired) electrons. The first-order valence-corrected chi connectivity index (χ1v) is 10.1. The van der Waals surface area contributed by atoms with Gasteiger partial charge in [-0.15, -0.1) is 0 Å². The molecular formula is C22H29NO9. The number of benzene rings is 1. The van der Waals surface area contributed by atoms with Crippen LogP contribution in [-0.2, 0) is 38.1 Å². The van der Waals surface area contributed by atoms with Crippen molar-refractivity contribution < 1.29 is 43.2 Å². The van der Waals surface area contributed by atoms with Crippen molar-refractivity contribution in [3.63, 3.8) is 0 Å². The standard InChI is InChI=1S/C22H29NO9/c1-5-30-18(24)16(19(25)31-6-2)23-17(20(26)32-7-3)22(28,21(27)29-4)14-13-15-11-9-8-10-12-15/h8-14,16-17,23,28H,5-7H2,1-4H3/b14-13+/t17-,22+/m1/s1. The van der Waals surface area contributed by atoms with Crippen LogP contribution in [-0.4, -0.2) is 73.6 Å². The monoisotopic (exact) mass is 451 g/mol. The van der Waals surface area contributed by atoms with Gasteiger partial charge in [-0.25, -0.2) is 14.4 Å². The molecule has 1 rings (SSSR count). The van der Waals surface area contributed by atoms with Gasteiger partial charge in [0, 0.05) is 0 Å². The number of nitrogens with one attached hydrogen (secondary N) is 1. The molecule has 2 atom stereocenters. The van der Waals surface area contributed by atoms with Crippen molar-refractivity contribution >= 4 is 30.0 Å². The summed E-state index contributed by atoms with van der Waals surface area (Å²) in [5.74, 6) is -4.43. The number of hydrogen-bond donors (Lipinski definition) is 2. The highest BCUT2D eigenvalue weighted by atomic mass is 16.6. The molecule has 0 unspecified atom stereocenters. The van der Waals surface area contributed by atoms with E-state index in [1.54, 1.807) is 30.3 Å². The van der Waals surface area contributed by atoms with Gasteiger partial charge in [0.15, 0.2) is 6.04 Å². The predicted molar refractivity (Wildman–Crippen MR) is 113 cm³/mol. The summed E-state index contributed by atoms with van der Waals surface area (Å²) < 4.78 is 19.4. The van der Waals surface area contributed by atoms with E-state index in [0.717, 1.165) is 13.2 Å². The van der Waals surface area contributed by atoms with Gasteiger partial charge in [-0.3, -0.25) is 10.1 Å². The largest absolute Gasteiger partial charge is 0.467 e. The van der Waals surface area contributed by atoms with Crippen LogP contribution in [0.4, 0.5) is 0 Å². The zero-order valence-corrected chi connectivity index (χ0v) is 18.5. The SMILES string of the molecule is CCOC(=O)C(N[C@H](C(=O)OCC)[C@@](O)(/C=C/c1ccccc1)C(=O)OC)C(=O)OCC. The number of methoxy groups -OCH3 is 1. The Hall–Kier alpha value is -3.24. The number of hydrogen-bond acceptors (Lipinski definition) is 10. The molecule has 0 saturated heterocycles. The molecule has 176 valence electrons. The Labute approximate surface area is 186 Å². The van der Waals surface area contributed by atoms with Gasteiger partial charge < -0.3 is 24.1 Å². The summed E-state index contributed by atoms with van der Waals surface area (Å²) in [6.07, 6.45) is 2.41. The normalized spacial score (nSPS) is 13.8. The molecule has 0 fully saturated rings. The van der Waals surface area contributed by atoms with E-state index in [2.05, 4.69) is 5.32 Å². The molecular weight excluding hydrogens is 422 g/mol. The van der Waals surface area contributed by atoms with Gasteiger partial charge in [0.1, 0.15) is 0 Å². The van der Waals surface area contributed by atoms with Crippen molar-refractivity contribution in [2.75, 3.05) is 26.9 Å². The van der Waals surface area contributed by atoms with Crippen molar-refractivity contribution in [2.45, 2.75) is 38.5 Å². The lowest BCUT2D eigenvalue weighted by atomic mass is 9.91. The quantitative estimate of drug-likeness (QED) is 0.264. The summed E-state index contributed by atoms with van der Waals surface area (Å²) in [4.78, 5) is 50.0. The summed E-state index contributed by atoms with van der Waals surface area (Å²) in [5.41, 5.74) is -2.04. The number of aliphatic hydroxyl groups is 1. The van der Waals surface area contributed by atoms with Crippen LogP contribution in [0.2, 0.25) is 0 Å². The highest BCUT2D eigenvalue weighted by Gasteiger charge is 2.51.